The molecule has 1 aliphatic rings. The molecule has 0 radical (unpaired) electrons. The summed E-state index contributed by atoms with van der Waals surface area (Å²) in [7, 11) is -0.484. The van der Waals surface area contributed by atoms with Crippen LogP contribution in [0.15, 0.2) is 0 Å². The average molecular weight is 314 g/mol. The molecular formula is C11H24ClN3O3S. The Bertz CT molecular complexity index is 400. The fourth-order valence-corrected chi connectivity index (χ4v) is 4.10. The summed E-state index contributed by atoms with van der Waals surface area (Å²) >= 11 is 0. The van der Waals surface area contributed by atoms with Crippen molar-refractivity contribution in [2.24, 2.45) is 5.73 Å². The fourth-order valence-electron chi connectivity index (χ4n) is 2.24. The zero-order chi connectivity index (χ0) is 13.9. The molecule has 0 aromatic rings. The van der Waals surface area contributed by atoms with Gasteiger partial charge in [0.05, 0.1) is 0 Å². The van der Waals surface area contributed by atoms with E-state index in [-0.39, 0.29) is 18.4 Å². The van der Waals surface area contributed by atoms with Crippen LogP contribution in [0.25, 0.3) is 0 Å². The Morgan fingerprint density at radius 1 is 1.42 bits per heavy atom. The van der Waals surface area contributed by atoms with Gasteiger partial charge in [-0.1, -0.05) is 6.42 Å². The molecule has 0 aromatic carbocycles. The van der Waals surface area contributed by atoms with E-state index in [1.165, 1.54) is 16.1 Å². The van der Waals surface area contributed by atoms with E-state index >= 15 is 0 Å². The van der Waals surface area contributed by atoms with Crippen molar-refractivity contribution >= 4 is 28.3 Å². The maximum Gasteiger partial charge on any atom is 0.241 e. The number of hydrogen-bond donors (Lipinski definition) is 1. The molecule has 6 nitrogen and oxygen atoms in total. The minimum absolute atomic E-state index is 0. The Morgan fingerprint density at radius 3 is 2.47 bits per heavy atom. The smallest absolute Gasteiger partial charge is 0.241 e. The molecule has 1 rings (SSSR count). The number of halogens is 1. The molecule has 1 amide bonds. The zero-order valence-corrected chi connectivity index (χ0v) is 13.3. The van der Waals surface area contributed by atoms with Crippen molar-refractivity contribution in [2.75, 3.05) is 27.2 Å². The van der Waals surface area contributed by atoms with Gasteiger partial charge in [-0.15, -0.1) is 12.4 Å². The molecule has 1 fully saturated rings. The van der Waals surface area contributed by atoms with E-state index in [0.29, 0.717) is 13.1 Å². The Labute approximate surface area is 121 Å². The first-order chi connectivity index (χ1) is 8.32. The van der Waals surface area contributed by atoms with Crippen molar-refractivity contribution in [3.05, 3.63) is 0 Å². The topological polar surface area (TPSA) is 83.7 Å². The summed E-state index contributed by atoms with van der Waals surface area (Å²) in [5.41, 5.74) is 5.62. The quantitative estimate of drug-likeness (QED) is 0.793. The largest absolute Gasteiger partial charge is 0.348 e. The Balaban J connectivity index is 0.00000324. The van der Waals surface area contributed by atoms with E-state index in [4.69, 9.17) is 5.73 Å². The van der Waals surface area contributed by atoms with Crippen molar-refractivity contribution in [3.8, 4) is 0 Å². The first-order valence-electron chi connectivity index (χ1n) is 6.24. The third-order valence-electron chi connectivity index (χ3n) is 3.41. The van der Waals surface area contributed by atoms with E-state index in [2.05, 4.69) is 0 Å². The molecule has 2 atom stereocenters. The van der Waals surface area contributed by atoms with E-state index < -0.39 is 21.2 Å². The Morgan fingerprint density at radius 2 is 2.00 bits per heavy atom. The number of nitrogens with zero attached hydrogens (tertiary/aromatic N) is 2. The van der Waals surface area contributed by atoms with Crippen LogP contribution in [0.5, 0.6) is 0 Å². The predicted octanol–water partition coefficient (Wildman–Crippen LogP) is 0.0279. The van der Waals surface area contributed by atoms with Crippen LogP contribution in [0.2, 0.25) is 0 Å². The second kappa shape index (κ2) is 7.42. The highest BCUT2D eigenvalue weighted by molar-refractivity contribution is 7.90. The van der Waals surface area contributed by atoms with Crippen LogP contribution in [0.1, 0.15) is 26.2 Å². The molecule has 0 spiro atoms. The zero-order valence-electron chi connectivity index (χ0n) is 11.7. The van der Waals surface area contributed by atoms with Gasteiger partial charge >= 0.3 is 0 Å². The monoisotopic (exact) mass is 313 g/mol. The van der Waals surface area contributed by atoms with Crippen LogP contribution in [0, 0.1) is 0 Å². The number of carbonyl (C=O) groups excluding carboxylic acids is 1. The predicted molar refractivity (Wildman–Crippen MR) is 77.7 cm³/mol. The Kier molecular flexibility index (Phi) is 7.28. The molecule has 0 saturated carbocycles. The summed E-state index contributed by atoms with van der Waals surface area (Å²) in [6.07, 6.45) is 2.60. The molecule has 2 unspecified atom stereocenters. The lowest BCUT2D eigenvalue weighted by Gasteiger charge is -2.35. The van der Waals surface area contributed by atoms with Gasteiger partial charge in [0.15, 0.2) is 5.25 Å². The van der Waals surface area contributed by atoms with Gasteiger partial charge in [-0.05, 0) is 19.8 Å². The second-order valence-electron chi connectivity index (χ2n) is 4.92. The number of piperidine rings is 1. The van der Waals surface area contributed by atoms with Gasteiger partial charge in [-0.2, -0.15) is 4.31 Å². The van der Waals surface area contributed by atoms with Gasteiger partial charge in [-0.3, -0.25) is 4.79 Å². The summed E-state index contributed by atoms with van der Waals surface area (Å²) in [6, 6.07) is -0.166. The van der Waals surface area contributed by atoms with Crippen LogP contribution in [0.3, 0.4) is 0 Å². The lowest BCUT2D eigenvalue weighted by molar-refractivity contribution is -0.128. The van der Waals surface area contributed by atoms with Crippen molar-refractivity contribution < 1.29 is 13.2 Å². The molecule has 114 valence electrons. The second-order valence-corrected chi connectivity index (χ2v) is 7.12. The first kappa shape index (κ1) is 18.6. The van der Waals surface area contributed by atoms with Gasteiger partial charge in [0.2, 0.25) is 15.9 Å². The van der Waals surface area contributed by atoms with Crippen molar-refractivity contribution in [1.29, 1.82) is 0 Å². The number of amides is 1. The standard InChI is InChI=1S/C11H23N3O3S.ClH/c1-9(11(15)13(2)3)18(16,17)14-7-5-4-6-10(14)8-12;/h9-10H,4-8,12H2,1-3H3;1H. The van der Waals surface area contributed by atoms with Gasteiger partial charge in [-0.25, -0.2) is 8.42 Å². The summed E-state index contributed by atoms with van der Waals surface area (Å²) in [5.74, 6) is -0.392. The first-order valence-corrected chi connectivity index (χ1v) is 7.74. The molecule has 0 bridgehead atoms. The summed E-state index contributed by atoms with van der Waals surface area (Å²) in [4.78, 5) is 13.1. The molecule has 1 aliphatic heterocycles. The van der Waals surface area contributed by atoms with Crippen LogP contribution in [-0.2, 0) is 14.8 Å². The highest BCUT2D eigenvalue weighted by Gasteiger charge is 2.38. The summed E-state index contributed by atoms with van der Waals surface area (Å²) < 4.78 is 26.3. The van der Waals surface area contributed by atoms with Gasteiger partial charge < -0.3 is 10.6 Å². The average Bonchev–Trinajstić information content (AvgIpc) is 2.36. The van der Waals surface area contributed by atoms with Crippen LogP contribution < -0.4 is 5.73 Å². The fraction of sp³-hybridized carbons (Fsp3) is 0.909. The van der Waals surface area contributed by atoms with Gasteiger partial charge in [0, 0.05) is 33.2 Å². The molecule has 1 heterocycles. The van der Waals surface area contributed by atoms with Crippen molar-refractivity contribution in [3.63, 3.8) is 0 Å². The van der Waals surface area contributed by atoms with E-state index in [1.807, 2.05) is 0 Å². The minimum Gasteiger partial charge on any atom is -0.348 e. The highest BCUT2D eigenvalue weighted by atomic mass is 35.5. The number of hydrogen-bond acceptors (Lipinski definition) is 4. The van der Waals surface area contributed by atoms with E-state index in [0.717, 1.165) is 19.3 Å². The van der Waals surface area contributed by atoms with Crippen LogP contribution >= 0.6 is 12.4 Å². The molecule has 8 heteroatoms. The molecule has 19 heavy (non-hydrogen) atoms. The SMILES string of the molecule is CC(C(=O)N(C)C)S(=O)(=O)N1CCCCC1CN.Cl. The van der Waals surface area contributed by atoms with Crippen molar-refractivity contribution in [2.45, 2.75) is 37.5 Å². The van der Waals surface area contributed by atoms with Gasteiger partial charge in [0.1, 0.15) is 0 Å². The third kappa shape index (κ3) is 4.05. The van der Waals surface area contributed by atoms with E-state index in [9.17, 15) is 13.2 Å². The maximum atomic E-state index is 12.4. The molecule has 0 aromatic heterocycles. The third-order valence-corrected chi connectivity index (χ3v) is 5.64. The number of nitrogens with two attached hydrogens (primary N) is 1. The number of rotatable bonds is 4. The molecule has 2 N–H and O–H groups in total. The normalized spacial score (nSPS) is 22.4. The number of carbonyl (C=O) groups is 1. The molecular weight excluding hydrogens is 290 g/mol. The maximum absolute atomic E-state index is 12.4. The lowest BCUT2D eigenvalue weighted by Crippen LogP contribution is -2.52. The lowest BCUT2D eigenvalue weighted by atomic mass is 10.1. The van der Waals surface area contributed by atoms with E-state index in [1.54, 1.807) is 14.1 Å². The van der Waals surface area contributed by atoms with Crippen molar-refractivity contribution in [1.82, 2.24) is 9.21 Å². The number of sulfonamides is 1. The minimum atomic E-state index is -3.61. The highest BCUT2D eigenvalue weighted by Crippen LogP contribution is 2.22. The van der Waals surface area contributed by atoms with Crippen LogP contribution in [-0.4, -0.2) is 62.0 Å². The molecule has 1 saturated heterocycles. The summed E-state index contributed by atoms with van der Waals surface area (Å²) in [6.45, 7) is 2.22. The Hall–Kier alpha value is -0.370. The van der Waals surface area contributed by atoms with Gasteiger partial charge in [0.25, 0.3) is 0 Å². The molecule has 0 aliphatic carbocycles. The van der Waals surface area contributed by atoms with Crippen LogP contribution in [0.4, 0.5) is 0 Å². The summed E-state index contributed by atoms with van der Waals surface area (Å²) in [5, 5.41) is -1.04.